The summed E-state index contributed by atoms with van der Waals surface area (Å²) in [7, 11) is 0.622. The molecule has 8 heteroatoms. The van der Waals surface area contributed by atoms with Gasteiger partial charge in [0.2, 0.25) is 15.9 Å². The number of likely N-dealkylation sites (N-methyl/N-ethyl adjacent to an activating group) is 1. The molecule has 2 aromatic rings. The fourth-order valence-electron chi connectivity index (χ4n) is 2.35. The molecule has 0 bridgehead atoms. The second kappa shape index (κ2) is 8.79. The summed E-state index contributed by atoms with van der Waals surface area (Å²) in [5.41, 5.74) is 1.33. The third kappa shape index (κ3) is 5.38. The molecule has 0 aliphatic rings. The molecule has 2 aromatic carbocycles. The average molecular weight is 392 g/mol. The lowest BCUT2D eigenvalue weighted by molar-refractivity contribution is -0.125. The van der Waals surface area contributed by atoms with Gasteiger partial charge in [0.1, 0.15) is 16.5 Å². The minimum absolute atomic E-state index is 0.0123. The van der Waals surface area contributed by atoms with E-state index in [1.54, 1.807) is 25.2 Å². The molecule has 0 saturated heterocycles. The Labute approximate surface area is 158 Å². The van der Waals surface area contributed by atoms with E-state index in [2.05, 4.69) is 4.72 Å². The van der Waals surface area contributed by atoms with Crippen LogP contribution in [-0.4, -0.2) is 40.4 Å². The number of halogens is 1. The molecule has 0 aliphatic carbocycles. The maximum atomic E-state index is 12.9. The van der Waals surface area contributed by atoms with E-state index in [0.717, 1.165) is 5.56 Å². The molecule has 2 rings (SSSR count). The first kappa shape index (κ1) is 20.6. The summed E-state index contributed by atoms with van der Waals surface area (Å²) in [5.74, 6) is -0.395. The lowest BCUT2D eigenvalue weighted by Gasteiger charge is -2.15. The van der Waals surface area contributed by atoms with Gasteiger partial charge in [0.25, 0.3) is 0 Å². The SMILES string of the molecule is CNS(=O)(=O)c1cc(C=CC(=O)N(C)Cc2ccc(F)cc2)ccc1OC. The molecule has 0 fully saturated rings. The van der Waals surface area contributed by atoms with E-state index in [-0.39, 0.29) is 22.4 Å². The number of nitrogens with one attached hydrogen (secondary N) is 1. The monoisotopic (exact) mass is 392 g/mol. The quantitative estimate of drug-likeness (QED) is 0.735. The summed E-state index contributed by atoms with van der Waals surface area (Å²) >= 11 is 0. The molecular formula is C19H21FN2O4S. The normalized spacial score (nSPS) is 11.6. The van der Waals surface area contributed by atoms with E-state index in [9.17, 15) is 17.6 Å². The second-order valence-electron chi connectivity index (χ2n) is 5.77. The van der Waals surface area contributed by atoms with Gasteiger partial charge in [-0.3, -0.25) is 4.79 Å². The van der Waals surface area contributed by atoms with Crippen molar-refractivity contribution < 1.29 is 22.3 Å². The zero-order valence-corrected chi connectivity index (χ0v) is 16.1. The molecule has 0 heterocycles. The minimum Gasteiger partial charge on any atom is -0.495 e. The third-order valence-electron chi connectivity index (χ3n) is 3.87. The van der Waals surface area contributed by atoms with Crippen molar-refractivity contribution in [1.82, 2.24) is 9.62 Å². The highest BCUT2D eigenvalue weighted by Crippen LogP contribution is 2.25. The topological polar surface area (TPSA) is 75.7 Å². The number of carbonyl (C=O) groups is 1. The maximum Gasteiger partial charge on any atom is 0.246 e. The van der Waals surface area contributed by atoms with Crippen LogP contribution in [0.2, 0.25) is 0 Å². The number of methoxy groups -OCH3 is 1. The van der Waals surface area contributed by atoms with Crippen LogP contribution >= 0.6 is 0 Å². The minimum atomic E-state index is -3.70. The maximum absolute atomic E-state index is 12.9. The van der Waals surface area contributed by atoms with Crippen LogP contribution in [0.4, 0.5) is 4.39 Å². The van der Waals surface area contributed by atoms with E-state index >= 15 is 0 Å². The lowest BCUT2D eigenvalue weighted by Crippen LogP contribution is -2.24. The largest absolute Gasteiger partial charge is 0.495 e. The Morgan fingerprint density at radius 1 is 1.22 bits per heavy atom. The summed E-state index contributed by atoms with van der Waals surface area (Å²) in [6.07, 6.45) is 2.87. The van der Waals surface area contributed by atoms with Crippen LogP contribution in [0.15, 0.2) is 53.4 Å². The fraction of sp³-hybridized carbons (Fsp3) is 0.211. The Bertz CT molecular complexity index is 941. The second-order valence-corrected chi connectivity index (χ2v) is 7.63. The van der Waals surface area contributed by atoms with Crippen LogP contribution in [0, 0.1) is 5.82 Å². The van der Waals surface area contributed by atoms with Gasteiger partial charge in [-0.1, -0.05) is 18.2 Å². The van der Waals surface area contributed by atoms with Crippen LogP contribution in [-0.2, 0) is 21.4 Å². The molecule has 144 valence electrons. The standard InChI is InChI=1S/C19H21FN2O4S/c1-21-27(24,25)18-12-14(6-10-17(18)26-3)7-11-19(23)22(2)13-15-4-8-16(20)9-5-15/h4-12,21H,13H2,1-3H3. The Balaban J connectivity index is 2.15. The molecule has 0 unspecified atom stereocenters. The molecular weight excluding hydrogens is 371 g/mol. The van der Waals surface area contributed by atoms with Crippen molar-refractivity contribution in [2.24, 2.45) is 0 Å². The van der Waals surface area contributed by atoms with Gasteiger partial charge in [-0.05, 0) is 48.5 Å². The Hall–Kier alpha value is -2.71. The molecule has 0 atom stereocenters. The van der Waals surface area contributed by atoms with Crippen molar-refractivity contribution in [1.29, 1.82) is 0 Å². The van der Waals surface area contributed by atoms with Crippen molar-refractivity contribution in [3.8, 4) is 5.75 Å². The van der Waals surface area contributed by atoms with Gasteiger partial charge in [-0.2, -0.15) is 0 Å². The van der Waals surface area contributed by atoms with E-state index in [0.29, 0.717) is 12.1 Å². The first-order chi connectivity index (χ1) is 12.8. The van der Waals surface area contributed by atoms with Crippen LogP contribution in [0.5, 0.6) is 5.75 Å². The van der Waals surface area contributed by atoms with E-state index in [1.165, 1.54) is 55.5 Å². The van der Waals surface area contributed by atoms with Gasteiger partial charge in [0.15, 0.2) is 0 Å². The van der Waals surface area contributed by atoms with Gasteiger partial charge in [-0.25, -0.2) is 17.5 Å². The molecule has 27 heavy (non-hydrogen) atoms. The number of carbonyl (C=O) groups excluding carboxylic acids is 1. The molecule has 0 saturated carbocycles. The zero-order valence-electron chi connectivity index (χ0n) is 15.3. The number of amides is 1. The highest BCUT2D eigenvalue weighted by Gasteiger charge is 2.17. The van der Waals surface area contributed by atoms with E-state index < -0.39 is 10.0 Å². The van der Waals surface area contributed by atoms with Crippen LogP contribution in [0.1, 0.15) is 11.1 Å². The van der Waals surface area contributed by atoms with Gasteiger partial charge in [-0.15, -0.1) is 0 Å². The fourth-order valence-corrected chi connectivity index (χ4v) is 3.28. The van der Waals surface area contributed by atoms with E-state index in [4.69, 9.17) is 4.74 Å². The molecule has 0 aliphatic heterocycles. The summed E-state index contributed by atoms with van der Waals surface area (Å²) in [6.45, 7) is 0.325. The smallest absolute Gasteiger partial charge is 0.246 e. The predicted molar refractivity (Wildman–Crippen MR) is 101 cm³/mol. The van der Waals surface area contributed by atoms with Gasteiger partial charge in [0.05, 0.1) is 7.11 Å². The Morgan fingerprint density at radius 2 is 1.89 bits per heavy atom. The van der Waals surface area contributed by atoms with Crippen molar-refractivity contribution in [2.45, 2.75) is 11.4 Å². The molecule has 6 nitrogen and oxygen atoms in total. The van der Waals surface area contributed by atoms with Gasteiger partial charge < -0.3 is 9.64 Å². The summed E-state index contributed by atoms with van der Waals surface area (Å²) in [4.78, 5) is 13.7. The average Bonchev–Trinajstić information content (AvgIpc) is 2.67. The zero-order chi connectivity index (χ0) is 20.0. The molecule has 1 amide bonds. The molecule has 0 spiro atoms. The van der Waals surface area contributed by atoms with Crippen molar-refractivity contribution in [3.63, 3.8) is 0 Å². The number of ether oxygens (including phenoxy) is 1. The highest BCUT2D eigenvalue weighted by molar-refractivity contribution is 7.89. The Kier molecular flexibility index (Phi) is 6.70. The van der Waals surface area contributed by atoms with Crippen molar-refractivity contribution in [2.75, 3.05) is 21.2 Å². The number of sulfonamides is 1. The van der Waals surface area contributed by atoms with Crippen molar-refractivity contribution in [3.05, 3.63) is 65.5 Å². The number of rotatable bonds is 7. The summed E-state index contributed by atoms with van der Waals surface area (Å²) in [5, 5.41) is 0. The first-order valence-corrected chi connectivity index (χ1v) is 9.54. The molecule has 1 N–H and O–H groups in total. The number of benzene rings is 2. The summed E-state index contributed by atoms with van der Waals surface area (Å²) in [6, 6.07) is 10.5. The first-order valence-electron chi connectivity index (χ1n) is 8.06. The van der Waals surface area contributed by atoms with E-state index in [1.807, 2.05) is 0 Å². The predicted octanol–water partition coefficient (Wildman–Crippen LogP) is 2.41. The Morgan fingerprint density at radius 3 is 2.48 bits per heavy atom. The van der Waals surface area contributed by atoms with Gasteiger partial charge in [0, 0.05) is 19.7 Å². The summed E-state index contributed by atoms with van der Waals surface area (Å²) < 4.78 is 44.4. The number of hydrogen-bond acceptors (Lipinski definition) is 4. The third-order valence-corrected chi connectivity index (χ3v) is 5.31. The highest BCUT2D eigenvalue weighted by atomic mass is 32.2. The lowest BCUT2D eigenvalue weighted by atomic mass is 10.2. The van der Waals surface area contributed by atoms with Crippen molar-refractivity contribution >= 4 is 22.0 Å². The number of hydrogen-bond donors (Lipinski definition) is 1. The molecule has 0 radical (unpaired) electrons. The van der Waals surface area contributed by atoms with Crippen LogP contribution < -0.4 is 9.46 Å². The van der Waals surface area contributed by atoms with Crippen LogP contribution in [0.25, 0.3) is 6.08 Å². The van der Waals surface area contributed by atoms with Gasteiger partial charge >= 0.3 is 0 Å². The number of nitrogens with zero attached hydrogens (tertiary/aromatic N) is 1. The molecule has 0 aromatic heterocycles. The van der Waals surface area contributed by atoms with Crippen LogP contribution in [0.3, 0.4) is 0 Å².